The molecule has 1 aliphatic carbocycles. The summed E-state index contributed by atoms with van der Waals surface area (Å²) in [6.45, 7) is 8.89. The lowest BCUT2D eigenvalue weighted by Crippen LogP contribution is -2.58. The second-order valence-electron chi connectivity index (χ2n) is 15.2. The van der Waals surface area contributed by atoms with E-state index in [1.807, 2.05) is 26.0 Å². The minimum atomic E-state index is -4.18. The number of ether oxygens (including phenoxy) is 2. The Bertz CT molecular complexity index is 1840. The third-order valence-corrected chi connectivity index (χ3v) is 10.9. The zero-order chi connectivity index (χ0) is 38.2. The Morgan fingerprint density at radius 1 is 1.15 bits per heavy atom. The van der Waals surface area contributed by atoms with Crippen molar-refractivity contribution in [2.75, 3.05) is 20.6 Å². The molecule has 0 bridgehead atoms. The molecule has 0 unspecified atom stereocenters. The fourth-order valence-electron chi connectivity index (χ4n) is 6.70. The van der Waals surface area contributed by atoms with Crippen LogP contribution in [-0.2, 0) is 29.3 Å². The molecule has 1 saturated carbocycles. The van der Waals surface area contributed by atoms with E-state index in [0.717, 1.165) is 17.1 Å². The van der Waals surface area contributed by atoms with Crippen LogP contribution >= 0.6 is 0 Å². The first-order valence-corrected chi connectivity index (χ1v) is 19.1. The van der Waals surface area contributed by atoms with Crippen molar-refractivity contribution in [1.82, 2.24) is 34.1 Å². The molecule has 2 fully saturated rings. The number of aromatic nitrogens is 2. The van der Waals surface area contributed by atoms with Crippen LogP contribution in [0, 0.1) is 11.7 Å². The number of hydrogen-bond acceptors (Lipinski definition) is 9. The number of fused-ring (bicyclic) bond motifs is 3. The minimum absolute atomic E-state index is 0.0133. The van der Waals surface area contributed by atoms with Crippen LogP contribution in [0.5, 0.6) is 6.01 Å². The van der Waals surface area contributed by atoms with E-state index >= 15 is 0 Å². The Labute approximate surface area is 303 Å². The highest BCUT2D eigenvalue weighted by molar-refractivity contribution is 7.87. The highest BCUT2D eigenvalue weighted by Gasteiger charge is 2.61. The number of benzene rings is 1. The zero-order valence-electron chi connectivity index (χ0n) is 30.8. The normalized spacial score (nSPS) is 25.9. The zero-order valence-corrected chi connectivity index (χ0v) is 31.6. The summed E-state index contributed by atoms with van der Waals surface area (Å²) in [5.41, 5.74) is -1.38. The maximum Gasteiger partial charge on any atom is 0.408 e. The Morgan fingerprint density at radius 2 is 1.88 bits per heavy atom. The largest absolute Gasteiger partial charge is 0.459 e. The van der Waals surface area contributed by atoms with E-state index in [4.69, 9.17) is 9.47 Å². The third-order valence-electron chi connectivity index (χ3n) is 9.45. The van der Waals surface area contributed by atoms with Crippen LogP contribution in [0.3, 0.4) is 0 Å². The lowest BCUT2D eigenvalue weighted by atomic mass is 10.0. The number of hydrogen-bond donors (Lipinski definition) is 3. The Balaban J connectivity index is 1.50. The van der Waals surface area contributed by atoms with Gasteiger partial charge >= 0.3 is 16.3 Å². The molecule has 15 nitrogen and oxygen atoms in total. The molecular weight excluding hydrogens is 697 g/mol. The summed E-state index contributed by atoms with van der Waals surface area (Å²) in [5.74, 6) is -3.05. The molecule has 3 N–H and O–H groups in total. The number of amides is 4. The second kappa shape index (κ2) is 15.0. The molecule has 286 valence electrons. The molecule has 1 saturated heterocycles. The van der Waals surface area contributed by atoms with Gasteiger partial charge in [-0.1, -0.05) is 25.0 Å². The van der Waals surface area contributed by atoms with Crippen LogP contribution in [0.4, 0.5) is 9.18 Å². The van der Waals surface area contributed by atoms with Crippen LogP contribution in [-0.4, -0.2) is 101 Å². The average Bonchev–Trinajstić information content (AvgIpc) is 3.37. The topological polar surface area (TPSA) is 181 Å². The Hall–Kier alpha value is -4.25. The number of imidazole rings is 1. The predicted octanol–water partition coefficient (Wildman–Crippen LogP) is 3.32. The molecule has 17 heteroatoms. The highest BCUT2D eigenvalue weighted by Crippen LogP contribution is 2.46. The Kier molecular flexibility index (Phi) is 11.2. The van der Waals surface area contributed by atoms with Crippen LogP contribution in [0.1, 0.15) is 85.6 Å². The van der Waals surface area contributed by atoms with Gasteiger partial charge in [0.05, 0.1) is 17.6 Å². The summed E-state index contributed by atoms with van der Waals surface area (Å²) in [6, 6.07) is 2.07. The standard InChI is InChI=1S/C35H50FN7O8S/c1-21(2)43-27-16-15-23(36)17-26(27)37-32(43)50-24-18-28-29(44)39-35(31(46)40-52(48,49)41(6)7)19-22(35)13-11-9-8-10-12-14-25(30(45)42(28)20-24)38-33(47)51-34(3,4)5/h11,13,15-17,21-22,24-25,28H,8-10,12,14,18-20H2,1-7H3,(H,38,47)(H,39,44)(H,40,46)/t22-,24-,25+,28+,35-/m1/s1. The second-order valence-corrected chi connectivity index (χ2v) is 17.1. The molecule has 2 aliphatic heterocycles. The van der Waals surface area contributed by atoms with E-state index in [-0.39, 0.29) is 37.9 Å². The van der Waals surface area contributed by atoms with Crippen LogP contribution < -0.4 is 20.1 Å². The summed E-state index contributed by atoms with van der Waals surface area (Å²) in [5, 5.41) is 5.52. The fraction of sp³-hybridized carbons (Fsp3) is 0.629. The quantitative estimate of drug-likeness (QED) is 0.358. The smallest absolute Gasteiger partial charge is 0.408 e. The molecule has 5 atom stereocenters. The summed E-state index contributed by atoms with van der Waals surface area (Å²) < 4.78 is 56.0. The fourth-order valence-corrected chi connectivity index (χ4v) is 7.29. The number of carbonyl (C=O) groups excluding carboxylic acids is 4. The molecule has 0 radical (unpaired) electrons. The predicted molar refractivity (Wildman–Crippen MR) is 190 cm³/mol. The first-order chi connectivity index (χ1) is 24.3. The molecule has 5 rings (SSSR count). The van der Waals surface area contributed by atoms with Crippen molar-refractivity contribution in [3.63, 3.8) is 0 Å². The monoisotopic (exact) mass is 747 g/mol. The summed E-state index contributed by atoms with van der Waals surface area (Å²) in [4.78, 5) is 61.1. The first-order valence-electron chi connectivity index (χ1n) is 17.7. The van der Waals surface area contributed by atoms with Gasteiger partial charge in [0.15, 0.2) is 0 Å². The van der Waals surface area contributed by atoms with Gasteiger partial charge < -0.3 is 25.0 Å². The van der Waals surface area contributed by atoms with Crippen molar-refractivity contribution in [3.8, 4) is 6.01 Å². The maximum atomic E-state index is 14.4. The average molecular weight is 748 g/mol. The first kappa shape index (κ1) is 39.0. The number of carbonyl (C=O) groups is 4. The molecule has 1 aromatic carbocycles. The van der Waals surface area contributed by atoms with Gasteiger partial charge in [0.25, 0.3) is 11.9 Å². The summed E-state index contributed by atoms with van der Waals surface area (Å²) >= 11 is 0. The maximum absolute atomic E-state index is 14.4. The number of alkyl carbamates (subject to hydrolysis) is 1. The van der Waals surface area contributed by atoms with Crippen molar-refractivity contribution >= 4 is 45.1 Å². The van der Waals surface area contributed by atoms with Gasteiger partial charge in [0, 0.05) is 38.5 Å². The van der Waals surface area contributed by atoms with Crippen molar-refractivity contribution in [3.05, 3.63) is 36.2 Å². The van der Waals surface area contributed by atoms with Crippen molar-refractivity contribution in [1.29, 1.82) is 0 Å². The molecule has 0 spiro atoms. The van der Waals surface area contributed by atoms with Crippen molar-refractivity contribution < 1.29 is 41.5 Å². The van der Waals surface area contributed by atoms with Gasteiger partial charge in [0.2, 0.25) is 11.8 Å². The van der Waals surface area contributed by atoms with E-state index in [0.29, 0.717) is 23.9 Å². The molecule has 4 amide bonds. The van der Waals surface area contributed by atoms with Gasteiger partial charge in [-0.25, -0.2) is 13.9 Å². The van der Waals surface area contributed by atoms with Gasteiger partial charge in [-0.15, -0.1) is 0 Å². The number of nitrogens with zero attached hydrogens (tertiary/aromatic N) is 4. The van der Waals surface area contributed by atoms with Crippen LogP contribution in [0.2, 0.25) is 0 Å². The number of halogens is 1. The highest BCUT2D eigenvalue weighted by atomic mass is 32.2. The van der Waals surface area contributed by atoms with E-state index in [2.05, 4.69) is 20.3 Å². The van der Waals surface area contributed by atoms with Crippen molar-refractivity contribution in [2.24, 2.45) is 5.92 Å². The minimum Gasteiger partial charge on any atom is -0.459 e. The van der Waals surface area contributed by atoms with E-state index < -0.39 is 75.1 Å². The van der Waals surface area contributed by atoms with Gasteiger partial charge in [-0.3, -0.25) is 19.0 Å². The Morgan fingerprint density at radius 3 is 2.56 bits per heavy atom. The van der Waals surface area contributed by atoms with Gasteiger partial charge in [0.1, 0.15) is 35.1 Å². The molecule has 1 aromatic heterocycles. The summed E-state index contributed by atoms with van der Waals surface area (Å²) in [7, 11) is -1.62. The molecule has 3 aliphatic rings. The number of rotatable bonds is 7. The van der Waals surface area contributed by atoms with Crippen molar-refractivity contribution in [2.45, 2.75) is 115 Å². The molecule has 3 heterocycles. The number of nitrogens with one attached hydrogen (secondary N) is 3. The van der Waals surface area contributed by atoms with Crippen LogP contribution in [0.25, 0.3) is 11.0 Å². The number of allylic oxidation sites excluding steroid dienone is 1. The van der Waals surface area contributed by atoms with Gasteiger partial charge in [-0.2, -0.15) is 17.7 Å². The lowest BCUT2D eigenvalue weighted by molar-refractivity contribution is -0.141. The molecule has 2 aromatic rings. The summed E-state index contributed by atoms with van der Waals surface area (Å²) in [6.07, 6.45) is 5.36. The van der Waals surface area contributed by atoms with E-state index in [1.165, 1.54) is 31.1 Å². The lowest BCUT2D eigenvalue weighted by Gasteiger charge is -2.30. The third kappa shape index (κ3) is 8.68. The van der Waals surface area contributed by atoms with E-state index in [1.54, 1.807) is 31.4 Å². The van der Waals surface area contributed by atoms with Crippen LogP contribution in [0.15, 0.2) is 30.4 Å². The SMILES string of the molecule is CC(C)n1c(O[C@@H]2C[C@H]3C(=O)N[C@]4(C(=O)NS(=O)(=O)N(C)C)C[C@H]4C=CCCCCC[C@H](NC(=O)OC(C)(C)C)C(=O)N3C2)nc2cc(F)ccc21. The van der Waals surface area contributed by atoms with E-state index in [9.17, 15) is 32.0 Å². The molecular formula is C35H50FN7O8S. The molecule has 52 heavy (non-hydrogen) atoms. The van der Waals surface area contributed by atoms with Gasteiger partial charge in [-0.05, 0) is 72.4 Å².